The number of rotatable bonds is 5. The fourth-order valence-electron chi connectivity index (χ4n) is 2.28. The molecule has 84 valence electrons. The first-order valence-electron chi connectivity index (χ1n) is 6.25. The van der Waals surface area contributed by atoms with Gasteiger partial charge >= 0.3 is 0 Å². The molecule has 1 fully saturated rings. The van der Waals surface area contributed by atoms with Crippen LogP contribution in [0.2, 0.25) is 0 Å². The van der Waals surface area contributed by atoms with Crippen LogP contribution >= 0.6 is 0 Å². The number of nitrogens with one attached hydrogen (secondary N) is 1. The van der Waals surface area contributed by atoms with Gasteiger partial charge in [-0.25, -0.2) is 0 Å². The molecule has 0 aromatic carbocycles. The summed E-state index contributed by atoms with van der Waals surface area (Å²) in [6.45, 7) is 10.6. The van der Waals surface area contributed by atoms with Crippen LogP contribution in [0, 0.1) is 0 Å². The lowest BCUT2D eigenvalue weighted by Crippen LogP contribution is -2.55. The topological polar surface area (TPSA) is 15.3 Å². The van der Waals surface area contributed by atoms with E-state index in [1.807, 2.05) is 0 Å². The lowest BCUT2D eigenvalue weighted by molar-refractivity contribution is 0.126. The molecule has 0 spiro atoms. The molecule has 0 aliphatic carbocycles. The maximum atomic E-state index is 3.58. The molecule has 0 bridgehead atoms. The predicted molar refractivity (Wildman–Crippen MR) is 62.6 cm³/mol. The van der Waals surface area contributed by atoms with Crippen LogP contribution in [0.1, 0.15) is 46.5 Å². The molecule has 1 rings (SSSR count). The van der Waals surface area contributed by atoms with E-state index < -0.39 is 0 Å². The van der Waals surface area contributed by atoms with Gasteiger partial charge in [-0.05, 0) is 26.3 Å². The number of nitrogens with zero attached hydrogens (tertiary/aromatic N) is 1. The SMILES string of the molecule is CCCCN1CC(C)NCC1CCC. The molecule has 2 nitrogen and oxygen atoms in total. The van der Waals surface area contributed by atoms with Crippen molar-refractivity contribution >= 4 is 0 Å². The Hall–Kier alpha value is -0.0800. The smallest absolute Gasteiger partial charge is 0.0221 e. The van der Waals surface area contributed by atoms with E-state index in [9.17, 15) is 0 Å². The third-order valence-electron chi connectivity index (χ3n) is 3.15. The highest BCUT2D eigenvalue weighted by atomic mass is 15.2. The summed E-state index contributed by atoms with van der Waals surface area (Å²) in [5.74, 6) is 0. The second kappa shape index (κ2) is 6.41. The Morgan fingerprint density at radius 1 is 1.29 bits per heavy atom. The molecular weight excluding hydrogens is 172 g/mol. The second-order valence-corrected chi connectivity index (χ2v) is 4.60. The molecule has 0 aromatic rings. The van der Waals surface area contributed by atoms with E-state index in [1.54, 1.807) is 0 Å². The van der Waals surface area contributed by atoms with E-state index in [-0.39, 0.29) is 0 Å². The summed E-state index contributed by atoms with van der Waals surface area (Å²) in [6.07, 6.45) is 5.33. The van der Waals surface area contributed by atoms with Crippen LogP contribution in [0.15, 0.2) is 0 Å². The zero-order chi connectivity index (χ0) is 10.4. The van der Waals surface area contributed by atoms with Crippen molar-refractivity contribution in [1.82, 2.24) is 10.2 Å². The highest BCUT2D eigenvalue weighted by molar-refractivity contribution is 4.83. The molecule has 0 radical (unpaired) electrons. The summed E-state index contributed by atoms with van der Waals surface area (Å²) in [5.41, 5.74) is 0. The molecule has 1 heterocycles. The first-order valence-corrected chi connectivity index (χ1v) is 6.25. The van der Waals surface area contributed by atoms with Gasteiger partial charge in [0.15, 0.2) is 0 Å². The van der Waals surface area contributed by atoms with Gasteiger partial charge in [0.2, 0.25) is 0 Å². The van der Waals surface area contributed by atoms with Gasteiger partial charge in [-0.15, -0.1) is 0 Å². The van der Waals surface area contributed by atoms with Crippen LogP contribution in [0.3, 0.4) is 0 Å². The second-order valence-electron chi connectivity index (χ2n) is 4.60. The number of piperazine rings is 1. The minimum absolute atomic E-state index is 0.681. The van der Waals surface area contributed by atoms with Gasteiger partial charge < -0.3 is 5.32 Å². The van der Waals surface area contributed by atoms with Crippen molar-refractivity contribution in [1.29, 1.82) is 0 Å². The Morgan fingerprint density at radius 2 is 2.07 bits per heavy atom. The van der Waals surface area contributed by atoms with E-state index in [0.717, 1.165) is 6.04 Å². The maximum absolute atomic E-state index is 3.58. The fraction of sp³-hybridized carbons (Fsp3) is 1.00. The summed E-state index contributed by atoms with van der Waals surface area (Å²) in [6, 6.07) is 1.47. The molecule has 0 aromatic heterocycles. The van der Waals surface area contributed by atoms with Crippen molar-refractivity contribution in [2.75, 3.05) is 19.6 Å². The van der Waals surface area contributed by atoms with Gasteiger partial charge in [0.05, 0.1) is 0 Å². The highest BCUT2D eigenvalue weighted by Crippen LogP contribution is 2.12. The summed E-state index contributed by atoms with van der Waals surface area (Å²) in [5, 5.41) is 3.58. The van der Waals surface area contributed by atoms with E-state index in [0.29, 0.717) is 6.04 Å². The van der Waals surface area contributed by atoms with Crippen molar-refractivity contribution in [3.05, 3.63) is 0 Å². The molecule has 1 N–H and O–H groups in total. The molecule has 2 heteroatoms. The van der Waals surface area contributed by atoms with Crippen LogP contribution < -0.4 is 5.32 Å². The van der Waals surface area contributed by atoms with Gasteiger partial charge in [-0.2, -0.15) is 0 Å². The molecule has 1 aliphatic heterocycles. The zero-order valence-electron chi connectivity index (χ0n) is 10.1. The van der Waals surface area contributed by atoms with Crippen LogP contribution in [-0.4, -0.2) is 36.6 Å². The van der Waals surface area contributed by atoms with Crippen LogP contribution in [0.4, 0.5) is 0 Å². The Labute approximate surface area is 89.1 Å². The molecule has 0 saturated carbocycles. The minimum Gasteiger partial charge on any atom is -0.311 e. The lowest BCUT2D eigenvalue weighted by atomic mass is 10.0. The van der Waals surface area contributed by atoms with Crippen molar-refractivity contribution in [3.63, 3.8) is 0 Å². The highest BCUT2D eigenvalue weighted by Gasteiger charge is 2.23. The average Bonchev–Trinajstić information content (AvgIpc) is 2.18. The van der Waals surface area contributed by atoms with E-state index in [1.165, 1.54) is 45.3 Å². The molecule has 2 unspecified atom stereocenters. The van der Waals surface area contributed by atoms with Crippen molar-refractivity contribution in [2.45, 2.75) is 58.5 Å². The quantitative estimate of drug-likeness (QED) is 0.729. The summed E-state index contributed by atoms with van der Waals surface area (Å²) in [7, 11) is 0. The number of hydrogen-bond acceptors (Lipinski definition) is 2. The lowest BCUT2D eigenvalue weighted by Gasteiger charge is -2.39. The Morgan fingerprint density at radius 3 is 2.71 bits per heavy atom. The molecule has 1 saturated heterocycles. The monoisotopic (exact) mass is 198 g/mol. The third kappa shape index (κ3) is 3.58. The van der Waals surface area contributed by atoms with Crippen molar-refractivity contribution in [2.24, 2.45) is 0 Å². The van der Waals surface area contributed by atoms with Gasteiger partial charge in [0, 0.05) is 25.2 Å². The third-order valence-corrected chi connectivity index (χ3v) is 3.15. The van der Waals surface area contributed by atoms with Gasteiger partial charge in [0.1, 0.15) is 0 Å². The Balaban J connectivity index is 2.37. The molecule has 1 aliphatic rings. The van der Waals surface area contributed by atoms with Crippen LogP contribution in [0.25, 0.3) is 0 Å². The van der Waals surface area contributed by atoms with Crippen molar-refractivity contribution in [3.8, 4) is 0 Å². The molecule has 14 heavy (non-hydrogen) atoms. The van der Waals surface area contributed by atoms with E-state index in [2.05, 4.69) is 31.0 Å². The molecule has 0 amide bonds. The largest absolute Gasteiger partial charge is 0.311 e. The molecule has 2 atom stereocenters. The van der Waals surface area contributed by atoms with Gasteiger partial charge in [-0.3, -0.25) is 4.90 Å². The standard InChI is InChI=1S/C12H26N2/c1-4-6-8-14-10-11(3)13-9-12(14)7-5-2/h11-13H,4-10H2,1-3H3. The van der Waals surface area contributed by atoms with Gasteiger partial charge in [0.25, 0.3) is 0 Å². The predicted octanol–water partition coefficient (Wildman–Crippen LogP) is 2.25. The zero-order valence-corrected chi connectivity index (χ0v) is 10.1. The van der Waals surface area contributed by atoms with Gasteiger partial charge in [-0.1, -0.05) is 26.7 Å². The minimum atomic E-state index is 0.681. The normalized spacial score (nSPS) is 29.4. The Bertz CT molecular complexity index is 147. The van der Waals surface area contributed by atoms with E-state index in [4.69, 9.17) is 0 Å². The summed E-state index contributed by atoms with van der Waals surface area (Å²) >= 11 is 0. The average molecular weight is 198 g/mol. The number of hydrogen-bond donors (Lipinski definition) is 1. The summed E-state index contributed by atoms with van der Waals surface area (Å²) < 4.78 is 0. The van der Waals surface area contributed by atoms with Crippen LogP contribution in [0.5, 0.6) is 0 Å². The first kappa shape index (κ1) is 12.0. The summed E-state index contributed by atoms with van der Waals surface area (Å²) in [4.78, 5) is 2.69. The van der Waals surface area contributed by atoms with Crippen LogP contribution in [-0.2, 0) is 0 Å². The first-order chi connectivity index (χ1) is 6.77. The maximum Gasteiger partial charge on any atom is 0.0221 e. The Kier molecular flexibility index (Phi) is 5.49. The van der Waals surface area contributed by atoms with Crippen molar-refractivity contribution < 1.29 is 0 Å². The molecular formula is C12H26N2. The number of unbranched alkanes of at least 4 members (excludes halogenated alkanes) is 1. The fourth-order valence-corrected chi connectivity index (χ4v) is 2.28. The van der Waals surface area contributed by atoms with E-state index >= 15 is 0 Å².